The van der Waals surface area contributed by atoms with E-state index in [9.17, 15) is 13.2 Å². The summed E-state index contributed by atoms with van der Waals surface area (Å²) in [6, 6.07) is 5.79. The number of benzene rings is 1. The second-order valence-electron chi connectivity index (χ2n) is 3.95. The molecule has 3 nitrogen and oxygen atoms in total. The summed E-state index contributed by atoms with van der Waals surface area (Å²) in [5.41, 5.74) is 5.95. The summed E-state index contributed by atoms with van der Waals surface area (Å²) < 4.78 is 39.7. The topological polar surface area (TPSA) is 43.8 Å². The predicted molar refractivity (Wildman–Crippen MR) is 61.2 cm³/mol. The fourth-order valence-electron chi connectivity index (χ4n) is 1.67. The van der Waals surface area contributed by atoms with Gasteiger partial charge in [-0.2, -0.15) is 18.3 Å². The molecule has 1 aromatic carbocycles. The lowest BCUT2D eigenvalue weighted by Gasteiger charge is -2.12. The molecule has 0 fully saturated rings. The molecule has 0 aliphatic rings. The van der Waals surface area contributed by atoms with Crippen LogP contribution in [0.3, 0.4) is 0 Å². The van der Waals surface area contributed by atoms with E-state index in [4.69, 9.17) is 5.73 Å². The van der Waals surface area contributed by atoms with Gasteiger partial charge in [0.1, 0.15) is 0 Å². The molecule has 0 spiro atoms. The van der Waals surface area contributed by atoms with Crippen LogP contribution >= 0.6 is 0 Å². The smallest absolute Gasteiger partial charge is 0.325 e. The first-order chi connectivity index (χ1) is 8.41. The van der Waals surface area contributed by atoms with Crippen LogP contribution in [0.2, 0.25) is 0 Å². The molecular formula is C12H12F3N3. The van der Waals surface area contributed by atoms with E-state index in [1.165, 1.54) is 17.7 Å². The summed E-state index contributed by atoms with van der Waals surface area (Å²) in [4.78, 5) is 0. The van der Waals surface area contributed by atoms with Crippen molar-refractivity contribution < 1.29 is 13.2 Å². The van der Waals surface area contributed by atoms with Gasteiger partial charge in [-0.05, 0) is 30.7 Å². The first-order valence-electron chi connectivity index (χ1n) is 5.34. The van der Waals surface area contributed by atoms with Crippen molar-refractivity contribution in [2.45, 2.75) is 19.6 Å². The monoisotopic (exact) mass is 255 g/mol. The molecule has 96 valence electrons. The fourth-order valence-corrected chi connectivity index (χ4v) is 1.67. The Hall–Kier alpha value is -1.82. The van der Waals surface area contributed by atoms with Crippen molar-refractivity contribution in [1.29, 1.82) is 0 Å². The molecule has 2 rings (SSSR count). The van der Waals surface area contributed by atoms with E-state index in [0.29, 0.717) is 11.4 Å². The number of alkyl halides is 3. The number of nitrogens with zero attached hydrogens (tertiary/aromatic N) is 2. The van der Waals surface area contributed by atoms with Gasteiger partial charge < -0.3 is 5.73 Å². The second kappa shape index (κ2) is 4.45. The summed E-state index contributed by atoms with van der Waals surface area (Å²) in [6.07, 6.45) is -2.77. The minimum atomic E-state index is -4.36. The molecule has 6 heteroatoms. The standard InChI is InChI=1S/C12H12F3N3/c1-8-2-3-10(6-11(8)12(13,14)15)18-5-4-9(7-16)17-18/h2-6H,7,16H2,1H3. The summed E-state index contributed by atoms with van der Waals surface area (Å²) >= 11 is 0. The maximum Gasteiger partial charge on any atom is 0.416 e. The summed E-state index contributed by atoms with van der Waals surface area (Å²) in [7, 11) is 0. The zero-order chi connectivity index (χ0) is 13.3. The molecule has 0 aliphatic carbocycles. The molecule has 0 radical (unpaired) electrons. The molecule has 0 saturated carbocycles. The van der Waals surface area contributed by atoms with Crippen molar-refractivity contribution in [3.8, 4) is 5.69 Å². The minimum Gasteiger partial charge on any atom is -0.325 e. The number of hydrogen-bond acceptors (Lipinski definition) is 2. The molecule has 2 aromatic rings. The van der Waals surface area contributed by atoms with E-state index in [0.717, 1.165) is 6.07 Å². The van der Waals surface area contributed by atoms with Crippen LogP contribution in [0, 0.1) is 6.92 Å². The molecule has 0 unspecified atom stereocenters. The lowest BCUT2D eigenvalue weighted by Crippen LogP contribution is -2.09. The third-order valence-electron chi connectivity index (χ3n) is 2.64. The average molecular weight is 255 g/mol. The van der Waals surface area contributed by atoms with Crippen LogP contribution in [0.25, 0.3) is 5.69 Å². The molecule has 2 N–H and O–H groups in total. The van der Waals surface area contributed by atoms with Crippen molar-refractivity contribution in [1.82, 2.24) is 9.78 Å². The predicted octanol–water partition coefficient (Wildman–Crippen LogP) is 2.66. The number of aromatic nitrogens is 2. The van der Waals surface area contributed by atoms with E-state index < -0.39 is 11.7 Å². The molecular weight excluding hydrogens is 243 g/mol. The fraction of sp³-hybridized carbons (Fsp3) is 0.250. The van der Waals surface area contributed by atoms with E-state index in [-0.39, 0.29) is 12.1 Å². The molecule has 0 bridgehead atoms. The maximum absolute atomic E-state index is 12.8. The zero-order valence-corrected chi connectivity index (χ0v) is 9.70. The van der Waals surface area contributed by atoms with Crippen LogP contribution in [-0.2, 0) is 12.7 Å². The first-order valence-corrected chi connectivity index (χ1v) is 5.34. The summed E-state index contributed by atoms with van der Waals surface area (Å²) in [5.74, 6) is 0. The highest BCUT2D eigenvalue weighted by atomic mass is 19.4. The Morgan fingerprint density at radius 1 is 1.28 bits per heavy atom. The van der Waals surface area contributed by atoms with E-state index in [1.807, 2.05) is 0 Å². The van der Waals surface area contributed by atoms with Crippen molar-refractivity contribution in [2.75, 3.05) is 0 Å². The lowest BCUT2D eigenvalue weighted by atomic mass is 10.1. The highest BCUT2D eigenvalue weighted by molar-refractivity contribution is 5.41. The highest BCUT2D eigenvalue weighted by Gasteiger charge is 2.32. The molecule has 18 heavy (non-hydrogen) atoms. The van der Waals surface area contributed by atoms with Gasteiger partial charge in [-0.15, -0.1) is 0 Å². The van der Waals surface area contributed by atoms with Crippen LogP contribution in [0.1, 0.15) is 16.8 Å². The van der Waals surface area contributed by atoms with Gasteiger partial charge in [-0.25, -0.2) is 4.68 Å². The molecule has 1 aromatic heterocycles. The van der Waals surface area contributed by atoms with Gasteiger partial charge in [0.2, 0.25) is 0 Å². The van der Waals surface area contributed by atoms with Crippen LogP contribution in [-0.4, -0.2) is 9.78 Å². The van der Waals surface area contributed by atoms with Gasteiger partial charge in [0.25, 0.3) is 0 Å². The number of rotatable bonds is 2. The second-order valence-corrected chi connectivity index (χ2v) is 3.95. The SMILES string of the molecule is Cc1ccc(-n2ccc(CN)n2)cc1C(F)(F)F. The summed E-state index contributed by atoms with van der Waals surface area (Å²) in [5, 5.41) is 4.08. The van der Waals surface area contributed by atoms with Crippen molar-refractivity contribution in [3.05, 3.63) is 47.3 Å². The highest BCUT2D eigenvalue weighted by Crippen LogP contribution is 2.32. The molecule has 0 amide bonds. The van der Waals surface area contributed by atoms with Gasteiger partial charge in [-0.3, -0.25) is 0 Å². The van der Waals surface area contributed by atoms with Gasteiger partial charge in [0, 0.05) is 12.7 Å². The quantitative estimate of drug-likeness (QED) is 0.896. The number of aryl methyl sites for hydroxylation is 1. The third-order valence-corrected chi connectivity index (χ3v) is 2.64. The van der Waals surface area contributed by atoms with Crippen LogP contribution in [0.15, 0.2) is 30.5 Å². The molecule has 0 saturated heterocycles. The van der Waals surface area contributed by atoms with Gasteiger partial charge in [-0.1, -0.05) is 6.07 Å². The molecule has 1 heterocycles. The molecule has 0 atom stereocenters. The van der Waals surface area contributed by atoms with E-state index >= 15 is 0 Å². The van der Waals surface area contributed by atoms with E-state index in [1.54, 1.807) is 18.3 Å². The van der Waals surface area contributed by atoms with Crippen molar-refractivity contribution in [3.63, 3.8) is 0 Å². The number of nitrogens with two attached hydrogens (primary N) is 1. The normalized spacial score (nSPS) is 11.8. The zero-order valence-electron chi connectivity index (χ0n) is 9.70. The van der Waals surface area contributed by atoms with E-state index in [2.05, 4.69) is 5.10 Å². The summed E-state index contributed by atoms with van der Waals surface area (Å²) in [6.45, 7) is 1.69. The lowest BCUT2D eigenvalue weighted by molar-refractivity contribution is -0.138. The van der Waals surface area contributed by atoms with Crippen LogP contribution in [0.5, 0.6) is 0 Å². The van der Waals surface area contributed by atoms with Crippen LogP contribution in [0.4, 0.5) is 13.2 Å². The van der Waals surface area contributed by atoms with Crippen molar-refractivity contribution in [2.24, 2.45) is 5.73 Å². The largest absolute Gasteiger partial charge is 0.416 e. The Bertz CT molecular complexity index is 558. The third kappa shape index (κ3) is 2.38. The molecule has 0 aliphatic heterocycles. The Labute approximate surface area is 102 Å². The van der Waals surface area contributed by atoms with Crippen LogP contribution < -0.4 is 5.73 Å². The minimum absolute atomic E-state index is 0.192. The Kier molecular flexibility index (Phi) is 3.13. The number of halogens is 3. The first kappa shape index (κ1) is 12.6. The van der Waals surface area contributed by atoms with Gasteiger partial charge in [0.15, 0.2) is 0 Å². The number of hydrogen-bond donors (Lipinski definition) is 1. The Morgan fingerprint density at radius 2 is 2.00 bits per heavy atom. The van der Waals surface area contributed by atoms with Crippen molar-refractivity contribution >= 4 is 0 Å². The van der Waals surface area contributed by atoms with Gasteiger partial charge >= 0.3 is 6.18 Å². The maximum atomic E-state index is 12.8. The Balaban J connectivity index is 2.47. The average Bonchev–Trinajstić information content (AvgIpc) is 2.76. The van der Waals surface area contributed by atoms with Gasteiger partial charge in [0.05, 0.1) is 16.9 Å². The Morgan fingerprint density at radius 3 is 2.56 bits per heavy atom.